The minimum Gasteiger partial charge on any atom is -0.381 e. The minimum atomic E-state index is 0.438. The van der Waals surface area contributed by atoms with Gasteiger partial charge in [0.05, 0.1) is 6.10 Å². The third kappa shape index (κ3) is 14.1. The molecule has 1 nitrogen and oxygen atoms in total. The fourth-order valence-electron chi connectivity index (χ4n) is 2.54. The summed E-state index contributed by atoms with van der Waals surface area (Å²) in [5.74, 6) is 0. The van der Waals surface area contributed by atoms with Gasteiger partial charge in [-0.25, -0.2) is 0 Å². The Hall–Kier alpha value is -0.300. The van der Waals surface area contributed by atoms with Crippen LogP contribution in [0.1, 0.15) is 97.3 Å². The molecule has 0 aliphatic heterocycles. The Kier molecular flexibility index (Phi) is 16.5. The van der Waals surface area contributed by atoms with Crippen LogP contribution in [-0.4, -0.2) is 13.2 Å². The van der Waals surface area contributed by atoms with E-state index >= 15 is 0 Å². The maximum Gasteiger partial charge on any atom is 0.0605 e. The highest BCUT2D eigenvalue weighted by Gasteiger charge is 2.04. The Bertz CT molecular complexity index is 198. The van der Waals surface area contributed by atoms with Crippen LogP contribution in [0.15, 0.2) is 12.2 Å². The van der Waals surface area contributed by atoms with Gasteiger partial charge in [-0.1, -0.05) is 83.8 Å². The standard InChI is InChI=1S/C19H38O/c1-4-6-8-10-11-12-13-14-16-18-19(20-3)17-15-9-7-5-2/h14,16,19H,4-13,15,17-18H2,1-3H3/b16-14+. The van der Waals surface area contributed by atoms with Gasteiger partial charge in [-0.2, -0.15) is 0 Å². The van der Waals surface area contributed by atoms with E-state index in [-0.39, 0.29) is 0 Å². The topological polar surface area (TPSA) is 9.23 Å². The summed E-state index contributed by atoms with van der Waals surface area (Å²) in [6.07, 6.45) is 22.4. The second-order valence-electron chi connectivity index (χ2n) is 5.97. The summed E-state index contributed by atoms with van der Waals surface area (Å²) >= 11 is 0. The molecule has 20 heavy (non-hydrogen) atoms. The summed E-state index contributed by atoms with van der Waals surface area (Å²) in [7, 11) is 1.85. The van der Waals surface area contributed by atoms with Gasteiger partial charge in [0.15, 0.2) is 0 Å². The van der Waals surface area contributed by atoms with E-state index in [1.165, 1.54) is 77.0 Å². The van der Waals surface area contributed by atoms with Crippen LogP contribution in [0.5, 0.6) is 0 Å². The highest BCUT2D eigenvalue weighted by molar-refractivity contribution is 4.84. The van der Waals surface area contributed by atoms with Crippen LogP contribution in [0.2, 0.25) is 0 Å². The Morgan fingerprint density at radius 3 is 2.00 bits per heavy atom. The molecule has 0 saturated heterocycles. The first-order chi connectivity index (χ1) is 9.85. The number of hydrogen-bond donors (Lipinski definition) is 0. The van der Waals surface area contributed by atoms with Crippen molar-refractivity contribution in [1.82, 2.24) is 0 Å². The molecular weight excluding hydrogens is 244 g/mol. The predicted octanol–water partition coefficient (Wildman–Crippen LogP) is 6.67. The molecule has 0 aromatic carbocycles. The largest absolute Gasteiger partial charge is 0.381 e. The van der Waals surface area contributed by atoms with E-state index in [0.29, 0.717) is 6.10 Å². The number of rotatable bonds is 15. The molecule has 0 rings (SSSR count). The molecule has 0 fully saturated rings. The van der Waals surface area contributed by atoms with Gasteiger partial charge in [0, 0.05) is 7.11 Å². The van der Waals surface area contributed by atoms with Crippen molar-refractivity contribution in [1.29, 1.82) is 0 Å². The van der Waals surface area contributed by atoms with Gasteiger partial charge in [-0.15, -0.1) is 0 Å². The van der Waals surface area contributed by atoms with E-state index in [1.807, 2.05) is 7.11 Å². The average Bonchev–Trinajstić information content (AvgIpc) is 2.47. The molecule has 1 unspecified atom stereocenters. The van der Waals surface area contributed by atoms with Crippen molar-refractivity contribution in [2.24, 2.45) is 0 Å². The quantitative estimate of drug-likeness (QED) is 0.241. The third-order valence-electron chi connectivity index (χ3n) is 4.00. The SMILES string of the molecule is CCCCCCCC/C=C/CC(CCCCCC)OC. The number of ether oxygens (including phenoxy) is 1. The van der Waals surface area contributed by atoms with Crippen molar-refractivity contribution < 1.29 is 4.74 Å². The average molecular weight is 283 g/mol. The third-order valence-corrected chi connectivity index (χ3v) is 4.00. The molecule has 0 heterocycles. The van der Waals surface area contributed by atoms with Gasteiger partial charge in [-0.3, -0.25) is 0 Å². The Morgan fingerprint density at radius 2 is 1.35 bits per heavy atom. The Morgan fingerprint density at radius 1 is 0.750 bits per heavy atom. The molecule has 0 N–H and O–H groups in total. The van der Waals surface area contributed by atoms with Gasteiger partial charge in [0.1, 0.15) is 0 Å². The molecule has 0 saturated carbocycles. The van der Waals surface area contributed by atoms with Gasteiger partial charge in [0.25, 0.3) is 0 Å². The highest BCUT2D eigenvalue weighted by Crippen LogP contribution is 2.12. The van der Waals surface area contributed by atoms with E-state index in [1.54, 1.807) is 0 Å². The number of allylic oxidation sites excluding steroid dienone is 1. The second-order valence-corrected chi connectivity index (χ2v) is 5.97. The molecule has 0 aromatic rings. The molecule has 0 amide bonds. The summed E-state index contributed by atoms with van der Waals surface area (Å²) in [5, 5.41) is 0. The lowest BCUT2D eigenvalue weighted by atomic mass is 10.1. The van der Waals surface area contributed by atoms with Crippen molar-refractivity contribution >= 4 is 0 Å². The summed E-state index contributed by atoms with van der Waals surface area (Å²) in [6, 6.07) is 0. The van der Waals surface area contributed by atoms with Crippen molar-refractivity contribution in [3.8, 4) is 0 Å². The summed E-state index contributed by atoms with van der Waals surface area (Å²) in [5.41, 5.74) is 0. The zero-order valence-corrected chi connectivity index (χ0v) is 14.3. The van der Waals surface area contributed by atoms with E-state index < -0.39 is 0 Å². The number of unbranched alkanes of at least 4 members (excludes halogenated alkanes) is 9. The van der Waals surface area contributed by atoms with E-state index in [9.17, 15) is 0 Å². The van der Waals surface area contributed by atoms with Crippen LogP contribution in [0.25, 0.3) is 0 Å². The zero-order valence-electron chi connectivity index (χ0n) is 14.3. The van der Waals surface area contributed by atoms with Crippen LogP contribution in [0.4, 0.5) is 0 Å². The Labute approximate surface area is 128 Å². The van der Waals surface area contributed by atoms with Crippen molar-refractivity contribution in [3.63, 3.8) is 0 Å². The zero-order chi connectivity index (χ0) is 14.9. The lowest BCUT2D eigenvalue weighted by Crippen LogP contribution is -2.08. The van der Waals surface area contributed by atoms with Crippen molar-refractivity contribution in [3.05, 3.63) is 12.2 Å². The fourth-order valence-corrected chi connectivity index (χ4v) is 2.54. The maximum absolute atomic E-state index is 5.55. The summed E-state index contributed by atoms with van der Waals surface area (Å²) < 4.78 is 5.55. The predicted molar refractivity (Wildman–Crippen MR) is 91.3 cm³/mol. The van der Waals surface area contributed by atoms with E-state index in [0.717, 1.165) is 6.42 Å². The lowest BCUT2D eigenvalue weighted by molar-refractivity contribution is 0.0952. The monoisotopic (exact) mass is 282 g/mol. The number of methoxy groups -OCH3 is 1. The molecule has 1 atom stereocenters. The first kappa shape index (κ1) is 19.7. The molecule has 0 spiro atoms. The number of hydrogen-bond acceptors (Lipinski definition) is 1. The van der Waals surface area contributed by atoms with Gasteiger partial charge in [0.2, 0.25) is 0 Å². The van der Waals surface area contributed by atoms with Gasteiger partial charge >= 0.3 is 0 Å². The molecule has 0 radical (unpaired) electrons. The van der Waals surface area contributed by atoms with Gasteiger partial charge < -0.3 is 4.74 Å². The second kappa shape index (κ2) is 16.8. The Balaban J connectivity index is 3.40. The van der Waals surface area contributed by atoms with Crippen LogP contribution in [0.3, 0.4) is 0 Å². The molecule has 0 aliphatic carbocycles. The van der Waals surface area contributed by atoms with Crippen LogP contribution >= 0.6 is 0 Å². The highest BCUT2D eigenvalue weighted by atomic mass is 16.5. The first-order valence-electron chi connectivity index (χ1n) is 9.02. The first-order valence-corrected chi connectivity index (χ1v) is 9.02. The maximum atomic E-state index is 5.55. The van der Waals surface area contributed by atoms with Crippen LogP contribution in [0, 0.1) is 0 Å². The fraction of sp³-hybridized carbons (Fsp3) is 0.895. The molecule has 0 bridgehead atoms. The van der Waals surface area contributed by atoms with E-state index in [4.69, 9.17) is 4.74 Å². The van der Waals surface area contributed by atoms with Crippen molar-refractivity contribution in [2.45, 2.75) is 103 Å². The lowest BCUT2D eigenvalue weighted by Gasteiger charge is -2.12. The molecule has 120 valence electrons. The smallest absolute Gasteiger partial charge is 0.0605 e. The van der Waals surface area contributed by atoms with Crippen LogP contribution < -0.4 is 0 Å². The molecular formula is C19H38O. The minimum absolute atomic E-state index is 0.438. The summed E-state index contributed by atoms with van der Waals surface area (Å²) in [6.45, 7) is 4.54. The molecule has 1 heteroatoms. The normalized spacial score (nSPS) is 13.2. The molecule has 0 aliphatic rings. The van der Waals surface area contributed by atoms with Crippen molar-refractivity contribution in [2.75, 3.05) is 7.11 Å². The van der Waals surface area contributed by atoms with Crippen LogP contribution in [-0.2, 0) is 4.74 Å². The van der Waals surface area contributed by atoms with E-state index in [2.05, 4.69) is 26.0 Å². The van der Waals surface area contributed by atoms with Gasteiger partial charge in [-0.05, 0) is 25.7 Å². The molecule has 0 aromatic heterocycles. The summed E-state index contributed by atoms with van der Waals surface area (Å²) in [4.78, 5) is 0.